The lowest BCUT2D eigenvalue weighted by Crippen LogP contribution is -2.50. The molecule has 1 aliphatic heterocycles. The quantitative estimate of drug-likeness (QED) is 0.506. The predicted octanol–water partition coefficient (Wildman–Crippen LogP) is 1.40. The predicted molar refractivity (Wildman–Crippen MR) is 73.9 cm³/mol. The number of carboxylic acid groups (broad SMARTS) is 1. The summed E-state index contributed by atoms with van der Waals surface area (Å²) >= 11 is 0. The summed E-state index contributed by atoms with van der Waals surface area (Å²) in [5, 5.41) is 9.29. The molecule has 0 bridgehead atoms. The summed E-state index contributed by atoms with van der Waals surface area (Å²) in [7, 11) is 5.43. The highest BCUT2D eigenvalue weighted by Crippen LogP contribution is 2.19. The van der Waals surface area contributed by atoms with Gasteiger partial charge in [-0.1, -0.05) is 25.6 Å². The zero-order chi connectivity index (χ0) is 13.4. The lowest BCUT2D eigenvalue weighted by Gasteiger charge is -2.31. The fraction of sp³-hybridized carbons (Fsp3) is 0.923. The Kier molecular flexibility index (Phi) is 6.72. The Balaban J connectivity index is 2.37. The maximum atomic E-state index is 11.3. The third kappa shape index (κ3) is 4.98. The molecule has 1 aliphatic rings. The summed E-state index contributed by atoms with van der Waals surface area (Å²) in [4.78, 5) is 13.6. The van der Waals surface area contributed by atoms with Gasteiger partial charge in [0.05, 0.1) is 7.85 Å². The van der Waals surface area contributed by atoms with Crippen LogP contribution in [-0.4, -0.2) is 49.0 Å². The van der Waals surface area contributed by atoms with E-state index >= 15 is 0 Å². The highest BCUT2D eigenvalue weighted by atomic mass is 16.4. The molecule has 0 spiro atoms. The van der Waals surface area contributed by atoms with E-state index in [0.717, 1.165) is 32.5 Å². The molecule has 1 atom stereocenters. The van der Waals surface area contributed by atoms with Crippen LogP contribution in [0.5, 0.6) is 0 Å². The van der Waals surface area contributed by atoms with Crippen molar-refractivity contribution in [1.82, 2.24) is 4.90 Å². The topological polar surface area (TPSA) is 66.6 Å². The molecule has 0 aromatic rings. The second kappa shape index (κ2) is 7.79. The molecule has 0 saturated carbocycles. The molecule has 2 radical (unpaired) electrons. The van der Waals surface area contributed by atoms with Gasteiger partial charge < -0.3 is 15.7 Å². The lowest BCUT2D eigenvalue weighted by molar-refractivity contribution is -0.144. The van der Waals surface area contributed by atoms with Crippen molar-refractivity contribution in [3.63, 3.8) is 0 Å². The van der Waals surface area contributed by atoms with Crippen molar-refractivity contribution < 1.29 is 9.90 Å². The monoisotopic (exact) mass is 252 g/mol. The number of likely N-dealkylation sites (tertiary alicyclic amines) is 1. The van der Waals surface area contributed by atoms with Crippen molar-refractivity contribution in [3.05, 3.63) is 0 Å². The van der Waals surface area contributed by atoms with Gasteiger partial charge in [-0.3, -0.25) is 4.79 Å². The van der Waals surface area contributed by atoms with Gasteiger partial charge >= 0.3 is 5.97 Å². The van der Waals surface area contributed by atoms with E-state index in [1.165, 1.54) is 19.3 Å². The summed E-state index contributed by atoms with van der Waals surface area (Å²) in [5.41, 5.74) is 4.95. The van der Waals surface area contributed by atoms with Crippen molar-refractivity contribution in [2.24, 2.45) is 5.73 Å². The third-order valence-corrected chi connectivity index (χ3v) is 3.83. The van der Waals surface area contributed by atoms with Gasteiger partial charge in [-0.25, -0.2) is 0 Å². The lowest BCUT2D eigenvalue weighted by atomic mass is 9.87. The molecule has 1 heterocycles. The molecule has 102 valence electrons. The molecule has 18 heavy (non-hydrogen) atoms. The standard InChI is InChI=1S/C13H25BN2O2/c14-8-3-2-6-13(15,12(17)18)7-11-16-9-4-1-5-10-16/h1-11,15H2,(H,17,18)/t13-/m1/s1. The van der Waals surface area contributed by atoms with Gasteiger partial charge in [0.2, 0.25) is 0 Å². The highest BCUT2D eigenvalue weighted by Gasteiger charge is 2.33. The smallest absolute Gasteiger partial charge is 0.323 e. The summed E-state index contributed by atoms with van der Waals surface area (Å²) in [6.45, 7) is 2.96. The second-order valence-electron chi connectivity index (χ2n) is 5.36. The number of nitrogens with two attached hydrogens (primary N) is 1. The van der Waals surface area contributed by atoms with Gasteiger partial charge in [0.1, 0.15) is 5.54 Å². The average molecular weight is 252 g/mol. The number of rotatable bonds is 8. The van der Waals surface area contributed by atoms with Crippen molar-refractivity contribution in [2.75, 3.05) is 19.6 Å². The van der Waals surface area contributed by atoms with Crippen LogP contribution in [0.3, 0.4) is 0 Å². The van der Waals surface area contributed by atoms with E-state index in [4.69, 9.17) is 13.6 Å². The molecule has 1 fully saturated rings. The maximum Gasteiger partial charge on any atom is 0.323 e. The van der Waals surface area contributed by atoms with Crippen molar-refractivity contribution in [3.8, 4) is 0 Å². The summed E-state index contributed by atoms with van der Waals surface area (Å²) in [6.07, 6.45) is 7.02. The molecule has 3 N–H and O–H groups in total. The van der Waals surface area contributed by atoms with Gasteiger partial charge in [-0.15, -0.1) is 0 Å². The molecule has 0 amide bonds. The first-order valence-electron chi connectivity index (χ1n) is 7.03. The van der Waals surface area contributed by atoms with Gasteiger partial charge in [-0.2, -0.15) is 0 Å². The number of aliphatic carboxylic acids is 1. The molecule has 0 aromatic heterocycles. The molecular formula is C13H25BN2O2. The molecule has 1 rings (SSSR count). The largest absolute Gasteiger partial charge is 0.480 e. The minimum absolute atomic E-state index is 0.521. The highest BCUT2D eigenvalue weighted by molar-refractivity contribution is 6.08. The minimum atomic E-state index is -1.08. The number of piperidine rings is 1. The zero-order valence-corrected chi connectivity index (χ0v) is 11.2. The van der Waals surface area contributed by atoms with Gasteiger partial charge in [0.15, 0.2) is 0 Å². The van der Waals surface area contributed by atoms with E-state index in [1.54, 1.807) is 0 Å². The zero-order valence-electron chi connectivity index (χ0n) is 11.2. The Morgan fingerprint density at radius 1 is 1.22 bits per heavy atom. The van der Waals surface area contributed by atoms with E-state index in [9.17, 15) is 9.90 Å². The fourth-order valence-electron chi connectivity index (χ4n) is 2.46. The van der Waals surface area contributed by atoms with E-state index in [1.807, 2.05) is 0 Å². The summed E-state index contributed by atoms with van der Waals surface area (Å²) < 4.78 is 0. The van der Waals surface area contributed by atoms with Crippen LogP contribution in [0.15, 0.2) is 0 Å². The Morgan fingerprint density at radius 3 is 2.44 bits per heavy atom. The van der Waals surface area contributed by atoms with Crippen LogP contribution in [-0.2, 0) is 4.79 Å². The number of carboxylic acids is 1. The van der Waals surface area contributed by atoms with Gasteiger partial charge in [0.25, 0.3) is 0 Å². The fourth-order valence-corrected chi connectivity index (χ4v) is 2.46. The van der Waals surface area contributed by atoms with Crippen LogP contribution in [0.2, 0.25) is 6.32 Å². The molecule has 1 saturated heterocycles. The minimum Gasteiger partial charge on any atom is -0.480 e. The molecule has 0 unspecified atom stereocenters. The van der Waals surface area contributed by atoms with Crippen LogP contribution < -0.4 is 5.73 Å². The van der Waals surface area contributed by atoms with Crippen molar-refractivity contribution >= 4 is 13.8 Å². The van der Waals surface area contributed by atoms with Crippen molar-refractivity contribution in [2.45, 2.75) is 56.8 Å². The number of hydrogen-bond acceptors (Lipinski definition) is 3. The third-order valence-electron chi connectivity index (χ3n) is 3.83. The Bertz CT molecular complexity index is 257. The van der Waals surface area contributed by atoms with E-state index < -0.39 is 11.5 Å². The molecule has 0 aliphatic carbocycles. The van der Waals surface area contributed by atoms with Crippen LogP contribution in [0.1, 0.15) is 44.9 Å². The second-order valence-corrected chi connectivity index (χ2v) is 5.36. The van der Waals surface area contributed by atoms with Gasteiger partial charge in [0, 0.05) is 6.54 Å². The molecular weight excluding hydrogens is 227 g/mol. The van der Waals surface area contributed by atoms with Crippen molar-refractivity contribution in [1.29, 1.82) is 0 Å². The van der Waals surface area contributed by atoms with E-state index in [0.29, 0.717) is 19.2 Å². The Hall–Kier alpha value is -0.545. The van der Waals surface area contributed by atoms with Crippen LogP contribution >= 0.6 is 0 Å². The molecule has 5 heteroatoms. The Labute approximate surface area is 111 Å². The van der Waals surface area contributed by atoms with E-state index in [2.05, 4.69) is 4.90 Å². The average Bonchev–Trinajstić information content (AvgIpc) is 2.38. The summed E-state index contributed by atoms with van der Waals surface area (Å²) in [5.74, 6) is -0.878. The molecule has 4 nitrogen and oxygen atoms in total. The number of carbonyl (C=O) groups is 1. The number of unbranched alkanes of at least 4 members (excludes halogenated alkanes) is 1. The number of hydrogen-bond donors (Lipinski definition) is 2. The van der Waals surface area contributed by atoms with Crippen LogP contribution in [0.4, 0.5) is 0 Å². The normalized spacial score (nSPS) is 20.5. The maximum absolute atomic E-state index is 11.3. The van der Waals surface area contributed by atoms with Crippen LogP contribution in [0.25, 0.3) is 0 Å². The first-order chi connectivity index (χ1) is 8.58. The summed E-state index contributed by atoms with van der Waals surface area (Å²) in [6, 6.07) is 0. The molecule has 0 aromatic carbocycles. The number of nitrogens with zero attached hydrogens (tertiary/aromatic N) is 1. The van der Waals surface area contributed by atoms with E-state index in [-0.39, 0.29) is 0 Å². The SMILES string of the molecule is [B]CCCC[C@@](N)(CCN1CCCCC1)C(=O)O. The van der Waals surface area contributed by atoms with Crippen LogP contribution in [0, 0.1) is 0 Å². The first-order valence-corrected chi connectivity index (χ1v) is 7.03. The Morgan fingerprint density at radius 2 is 1.89 bits per heavy atom. The first kappa shape index (κ1) is 15.5. The van der Waals surface area contributed by atoms with Gasteiger partial charge in [-0.05, 0) is 38.8 Å².